The lowest BCUT2D eigenvalue weighted by Crippen LogP contribution is -2.45. The molecular formula is C19H17ClF4N4O4. The van der Waals surface area contributed by atoms with E-state index in [2.05, 4.69) is 15.3 Å². The number of ether oxygens (including phenoxy) is 1. The molecule has 3 rings (SSSR count). The van der Waals surface area contributed by atoms with Gasteiger partial charge >= 0.3 is 0 Å². The zero-order valence-electron chi connectivity index (χ0n) is 16.4. The number of hydrogen-bond acceptors (Lipinski definition) is 6. The van der Waals surface area contributed by atoms with Crippen molar-refractivity contribution in [1.82, 2.24) is 4.98 Å². The van der Waals surface area contributed by atoms with Crippen molar-refractivity contribution in [1.29, 1.82) is 0 Å². The minimum Gasteiger partial charge on any atom is -0.483 e. The van der Waals surface area contributed by atoms with Gasteiger partial charge in [-0.15, -0.1) is 0 Å². The minimum atomic E-state index is -3.58. The fraction of sp³-hybridized carbons (Fsp3) is 0.263. The Morgan fingerprint density at radius 3 is 2.62 bits per heavy atom. The zero-order valence-corrected chi connectivity index (χ0v) is 17.2. The number of rotatable bonds is 3. The normalized spacial score (nSPS) is 19.6. The number of amidine groups is 1. The van der Waals surface area contributed by atoms with E-state index in [1.54, 1.807) is 0 Å². The Labute approximate surface area is 184 Å². The molecule has 1 atom stereocenters. The maximum absolute atomic E-state index is 14.7. The van der Waals surface area contributed by atoms with Crippen LogP contribution < -0.4 is 11.1 Å². The van der Waals surface area contributed by atoms with Crippen LogP contribution in [0.3, 0.4) is 0 Å². The summed E-state index contributed by atoms with van der Waals surface area (Å²) in [6, 6.07) is 3.98. The average Bonchev–Trinajstić information content (AvgIpc) is 2.79. The van der Waals surface area contributed by atoms with Crippen LogP contribution in [0.4, 0.5) is 23.2 Å². The lowest BCUT2D eigenvalue weighted by Gasteiger charge is -2.33. The summed E-state index contributed by atoms with van der Waals surface area (Å²) >= 11 is 5.79. The van der Waals surface area contributed by atoms with Gasteiger partial charge in [-0.3, -0.25) is 14.6 Å². The third kappa shape index (κ3) is 5.32. The van der Waals surface area contributed by atoms with Gasteiger partial charge in [0, 0.05) is 11.3 Å². The molecule has 1 aliphatic rings. The van der Waals surface area contributed by atoms with Gasteiger partial charge in [0.15, 0.2) is 5.54 Å². The SMILES string of the molecule is C[C@]1(c2cc(NC(=O)c3ncc(F)cc3Cl)ccc2F)N=C(N)COCC1(F)F.O=CO. The van der Waals surface area contributed by atoms with Crippen LogP contribution in [-0.2, 0) is 15.1 Å². The number of amides is 1. The smallest absolute Gasteiger partial charge is 0.299 e. The van der Waals surface area contributed by atoms with Crippen molar-refractivity contribution in [3.63, 3.8) is 0 Å². The highest BCUT2D eigenvalue weighted by atomic mass is 35.5. The number of halogens is 5. The van der Waals surface area contributed by atoms with Gasteiger partial charge in [-0.05, 0) is 31.2 Å². The Hall–Kier alpha value is -3.25. The van der Waals surface area contributed by atoms with E-state index in [1.165, 1.54) is 0 Å². The van der Waals surface area contributed by atoms with Gasteiger partial charge in [-0.2, -0.15) is 0 Å². The first kappa shape index (κ1) is 25.0. The number of nitrogens with zero attached hydrogens (tertiary/aromatic N) is 2. The molecule has 1 aromatic carbocycles. The van der Waals surface area contributed by atoms with Gasteiger partial charge in [-0.25, -0.2) is 22.5 Å². The third-order valence-electron chi connectivity index (χ3n) is 4.38. The van der Waals surface area contributed by atoms with E-state index in [0.29, 0.717) is 0 Å². The van der Waals surface area contributed by atoms with Gasteiger partial charge in [-0.1, -0.05) is 11.6 Å². The maximum atomic E-state index is 14.7. The first-order valence-electron chi connectivity index (χ1n) is 8.75. The number of anilines is 1. The van der Waals surface area contributed by atoms with E-state index in [4.69, 9.17) is 32.0 Å². The number of carbonyl (C=O) groups excluding carboxylic acids is 1. The number of aromatic nitrogens is 1. The second-order valence-electron chi connectivity index (χ2n) is 6.61. The molecule has 1 aliphatic heterocycles. The van der Waals surface area contributed by atoms with Crippen molar-refractivity contribution in [2.45, 2.75) is 18.4 Å². The van der Waals surface area contributed by atoms with Crippen molar-refractivity contribution < 1.29 is 37.0 Å². The van der Waals surface area contributed by atoms with Crippen LogP contribution >= 0.6 is 11.6 Å². The van der Waals surface area contributed by atoms with Crippen LogP contribution in [0.5, 0.6) is 0 Å². The van der Waals surface area contributed by atoms with Gasteiger partial charge < -0.3 is 20.9 Å². The van der Waals surface area contributed by atoms with Crippen molar-refractivity contribution in [2.24, 2.45) is 10.7 Å². The highest BCUT2D eigenvalue weighted by Gasteiger charge is 2.54. The molecule has 0 radical (unpaired) electrons. The topological polar surface area (TPSA) is 127 Å². The van der Waals surface area contributed by atoms with Crippen LogP contribution in [0.25, 0.3) is 0 Å². The number of alkyl halides is 2. The molecule has 2 aromatic rings. The first-order chi connectivity index (χ1) is 14.9. The lowest BCUT2D eigenvalue weighted by molar-refractivity contribution is -0.122. The predicted octanol–water partition coefficient (Wildman–Crippen LogP) is 3.20. The van der Waals surface area contributed by atoms with Crippen molar-refractivity contribution in [3.05, 3.63) is 58.4 Å². The molecule has 4 N–H and O–H groups in total. The summed E-state index contributed by atoms with van der Waals surface area (Å²) in [5, 5.41) is 9.01. The second-order valence-corrected chi connectivity index (χ2v) is 7.02. The summed E-state index contributed by atoms with van der Waals surface area (Å²) in [7, 11) is 0. The number of benzene rings is 1. The van der Waals surface area contributed by atoms with Crippen LogP contribution in [0.15, 0.2) is 35.5 Å². The Kier molecular flexibility index (Phi) is 7.75. The fourth-order valence-corrected chi connectivity index (χ4v) is 3.07. The monoisotopic (exact) mass is 476 g/mol. The zero-order chi connectivity index (χ0) is 24.1. The quantitative estimate of drug-likeness (QED) is 0.461. The third-order valence-corrected chi connectivity index (χ3v) is 4.67. The van der Waals surface area contributed by atoms with E-state index < -0.39 is 41.2 Å². The highest BCUT2D eigenvalue weighted by molar-refractivity contribution is 6.34. The number of nitrogens with one attached hydrogen (secondary N) is 1. The van der Waals surface area contributed by atoms with Gasteiger partial charge in [0.1, 0.15) is 36.4 Å². The fourth-order valence-electron chi connectivity index (χ4n) is 2.83. The second kappa shape index (κ2) is 9.92. The molecule has 0 saturated carbocycles. The van der Waals surface area contributed by atoms with Gasteiger partial charge in [0.05, 0.1) is 11.2 Å². The van der Waals surface area contributed by atoms with E-state index in [0.717, 1.165) is 37.4 Å². The molecule has 172 valence electrons. The molecule has 0 bridgehead atoms. The number of carboxylic acid groups (broad SMARTS) is 1. The van der Waals surface area contributed by atoms with Crippen molar-refractivity contribution in [3.8, 4) is 0 Å². The Morgan fingerprint density at radius 1 is 1.34 bits per heavy atom. The van der Waals surface area contributed by atoms with Crippen LogP contribution in [0.1, 0.15) is 23.0 Å². The molecule has 1 amide bonds. The Morgan fingerprint density at radius 2 is 2.00 bits per heavy atom. The summed E-state index contributed by atoms with van der Waals surface area (Å²) < 4.78 is 61.8. The Balaban J connectivity index is 0.00000114. The predicted molar refractivity (Wildman–Crippen MR) is 107 cm³/mol. The molecule has 2 heterocycles. The number of hydrogen-bond donors (Lipinski definition) is 3. The minimum absolute atomic E-state index is 0.0236. The van der Waals surface area contributed by atoms with Gasteiger partial charge in [0.25, 0.3) is 18.3 Å². The standard InChI is InChI=1S/C18H15ClF4N4O2.CH2O2/c1-17(18(22,23)8-29-7-14(24)27-17)11-5-10(2-3-13(11)21)26-16(28)15-12(19)4-9(20)6-25-15;2-1-3/h2-6H,7-8H2,1H3,(H2,24,27)(H,26,28);1H,(H,2,3)/t17-;/m1./s1. The number of nitrogens with two attached hydrogens (primary N) is 1. The number of pyridine rings is 1. The molecule has 0 saturated heterocycles. The molecule has 0 aliphatic carbocycles. The molecular weight excluding hydrogens is 460 g/mol. The average molecular weight is 477 g/mol. The molecule has 8 nitrogen and oxygen atoms in total. The Bertz CT molecular complexity index is 1050. The lowest BCUT2D eigenvalue weighted by atomic mass is 9.85. The molecule has 1 aromatic heterocycles. The van der Waals surface area contributed by atoms with Crippen LogP contribution in [0.2, 0.25) is 5.02 Å². The van der Waals surface area contributed by atoms with E-state index in [1.807, 2.05) is 0 Å². The maximum Gasteiger partial charge on any atom is 0.299 e. The molecule has 0 fully saturated rings. The van der Waals surface area contributed by atoms with Crippen LogP contribution in [-0.4, -0.2) is 47.4 Å². The molecule has 0 unspecified atom stereocenters. The van der Waals surface area contributed by atoms with E-state index in [9.17, 15) is 22.4 Å². The highest BCUT2D eigenvalue weighted by Crippen LogP contribution is 2.44. The molecule has 13 heteroatoms. The first-order valence-corrected chi connectivity index (χ1v) is 9.13. The van der Waals surface area contributed by atoms with Crippen molar-refractivity contribution >= 4 is 35.5 Å². The summed E-state index contributed by atoms with van der Waals surface area (Å²) in [4.78, 5) is 28.1. The van der Waals surface area contributed by atoms with E-state index >= 15 is 0 Å². The summed E-state index contributed by atoms with van der Waals surface area (Å²) in [6.07, 6.45) is 0.793. The summed E-state index contributed by atoms with van der Waals surface area (Å²) in [5.74, 6) is -6.35. The van der Waals surface area contributed by atoms with E-state index in [-0.39, 0.29) is 35.3 Å². The summed E-state index contributed by atoms with van der Waals surface area (Å²) in [5.41, 5.74) is 2.41. The number of carbonyl (C=O) groups is 2. The summed E-state index contributed by atoms with van der Waals surface area (Å²) in [6.45, 7) is -0.562. The molecule has 0 spiro atoms. The van der Waals surface area contributed by atoms with Gasteiger partial charge in [0.2, 0.25) is 0 Å². The number of aliphatic imine (C=N–C) groups is 1. The van der Waals surface area contributed by atoms with Crippen molar-refractivity contribution in [2.75, 3.05) is 18.5 Å². The largest absolute Gasteiger partial charge is 0.483 e. The van der Waals surface area contributed by atoms with Crippen LogP contribution in [0, 0.1) is 11.6 Å². The molecule has 32 heavy (non-hydrogen) atoms.